The topological polar surface area (TPSA) is 67.6 Å². The Morgan fingerprint density at radius 1 is 1.29 bits per heavy atom. The average Bonchev–Trinajstić information content (AvgIpc) is 2.49. The molecule has 1 aliphatic heterocycles. The molecule has 1 saturated heterocycles. The molecule has 5 nitrogen and oxygen atoms in total. The van der Waals surface area contributed by atoms with Gasteiger partial charge in [-0.1, -0.05) is 23.7 Å². The maximum atomic E-state index is 12.0. The van der Waals surface area contributed by atoms with Gasteiger partial charge in [0, 0.05) is 24.7 Å². The van der Waals surface area contributed by atoms with Crippen molar-refractivity contribution in [3.8, 4) is 0 Å². The van der Waals surface area contributed by atoms with Crippen LogP contribution in [0.5, 0.6) is 0 Å². The van der Waals surface area contributed by atoms with Gasteiger partial charge < -0.3 is 15.8 Å². The van der Waals surface area contributed by atoms with E-state index in [1.807, 2.05) is 24.3 Å². The average molecular weight is 399 g/mol. The number of halogens is 3. The molecule has 1 heterocycles. The summed E-state index contributed by atoms with van der Waals surface area (Å²) in [6.07, 6.45) is 0. The first kappa shape index (κ1) is 23.4. The number of hydrogen-bond donors (Lipinski definition) is 2. The van der Waals surface area contributed by atoms with Gasteiger partial charge in [0.25, 0.3) is 0 Å². The molecule has 2 rings (SSSR count). The summed E-state index contributed by atoms with van der Waals surface area (Å²) >= 11 is 5.97. The quantitative estimate of drug-likeness (QED) is 0.799. The summed E-state index contributed by atoms with van der Waals surface area (Å²) < 4.78 is 5.41. The Morgan fingerprint density at radius 2 is 1.83 bits per heavy atom. The number of carbonyl (C=O) groups is 1. The molecule has 0 bridgehead atoms. The number of benzene rings is 1. The molecule has 8 heteroatoms. The van der Waals surface area contributed by atoms with Crippen molar-refractivity contribution < 1.29 is 9.53 Å². The fraction of sp³-hybridized carbons (Fsp3) is 0.562. The lowest BCUT2D eigenvalue weighted by Gasteiger charge is -2.35. The van der Waals surface area contributed by atoms with E-state index in [9.17, 15) is 4.79 Å². The number of morpholine rings is 1. The first-order valence-corrected chi connectivity index (χ1v) is 7.90. The van der Waals surface area contributed by atoms with E-state index in [4.69, 9.17) is 22.1 Å². The summed E-state index contributed by atoms with van der Waals surface area (Å²) in [5.74, 6) is -0.153. The van der Waals surface area contributed by atoms with Crippen molar-refractivity contribution in [3.63, 3.8) is 0 Å². The largest absolute Gasteiger partial charge is 0.379 e. The molecular weight excluding hydrogens is 373 g/mol. The third kappa shape index (κ3) is 6.75. The van der Waals surface area contributed by atoms with Crippen molar-refractivity contribution >= 4 is 42.3 Å². The Morgan fingerprint density at radius 3 is 2.33 bits per heavy atom. The number of rotatable bonds is 5. The van der Waals surface area contributed by atoms with Crippen LogP contribution in [0.25, 0.3) is 0 Å². The number of ether oxygens (including phenoxy) is 1. The van der Waals surface area contributed by atoms with Gasteiger partial charge in [0.2, 0.25) is 5.91 Å². The molecule has 1 unspecified atom stereocenters. The minimum atomic E-state index is -0.879. The summed E-state index contributed by atoms with van der Waals surface area (Å²) in [4.78, 5) is 14.4. The zero-order valence-electron chi connectivity index (χ0n) is 14.0. The Labute approximate surface area is 161 Å². The van der Waals surface area contributed by atoms with Crippen LogP contribution in [-0.2, 0) is 9.53 Å². The first-order chi connectivity index (χ1) is 10.4. The monoisotopic (exact) mass is 397 g/mol. The number of nitrogens with two attached hydrogens (primary N) is 1. The molecular formula is C16H26Cl3N3O2. The predicted molar refractivity (Wildman–Crippen MR) is 102 cm³/mol. The molecule has 1 aromatic carbocycles. The maximum absolute atomic E-state index is 12.0. The molecule has 1 aliphatic rings. The van der Waals surface area contributed by atoms with E-state index in [0.29, 0.717) is 24.8 Å². The summed E-state index contributed by atoms with van der Waals surface area (Å²) in [6, 6.07) is 7.84. The van der Waals surface area contributed by atoms with Gasteiger partial charge in [-0.2, -0.15) is 0 Å². The lowest BCUT2D eigenvalue weighted by molar-refractivity contribution is -0.125. The number of nitrogens with zero attached hydrogens (tertiary/aromatic N) is 1. The number of amides is 1. The van der Waals surface area contributed by atoms with Crippen molar-refractivity contribution in [1.82, 2.24) is 10.2 Å². The molecule has 0 aromatic heterocycles. The molecule has 138 valence electrons. The van der Waals surface area contributed by atoms with Crippen LogP contribution < -0.4 is 11.1 Å². The lowest BCUT2D eigenvalue weighted by atomic mass is 10.0. The first-order valence-electron chi connectivity index (χ1n) is 7.52. The Kier molecular flexibility index (Phi) is 10.2. The van der Waals surface area contributed by atoms with Gasteiger partial charge in [-0.05, 0) is 31.5 Å². The molecule has 1 aromatic rings. The van der Waals surface area contributed by atoms with Crippen molar-refractivity contribution in [3.05, 3.63) is 34.9 Å². The molecule has 1 atom stereocenters. The third-order valence-electron chi connectivity index (χ3n) is 3.78. The molecule has 3 N–H and O–H groups in total. The van der Waals surface area contributed by atoms with Gasteiger partial charge in [-0.3, -0.25) is 9.69 Å². The fourth-order valence-corrected chi connectivity index (χ4v) is 2.58. The molecule has 0 radical (unpaired) electrons. The van der Waals surface area contributed by atoms with E-state index >= 15 is 0 Å². The number of carbonyl (C=O) groups excluding carboxylic acids is 1. The van der Waals surface area contributed by atoms with E-state index < -0.39 is 5.54 Å². The standard InChI is InChI=1S/C16H24ClN3O2.2ClH/c1-16(2,18)15(21)19-11-14(20-7-9-22-10-8-20)12-3-5-13(17)6-4-12;;/h3-6,14H,7-11,18H2,1-2H3,(H,19,21);2*1H. The zero-order chi connectivity index (χ0) is 16.2. The van der Waals surface area contributed by atoms with E-state index in [2.05, 4.69) is 10.2 Å². The predicted octanol–water partition coefficient (Wildman–Crippen LogP) is 2.41. The lowest BCUT2D eigenvalue weighted by Crippen LogP contribution is -2.51. The highest BCUT2D eigenvalue weighted by Crippen LogP contribution is 2.23. The molecule has 24 heavy (non-hydrogen) atoms. The third-order valence-corrected chi connectivity index (χ3v) is 4.03. The molecule has 0 saturated carbocycles. The van der Waals surface area contributed by atoms with Crippen molar-refractivity contribution in [2.45, 2.75) is 25.4 Å². The maximum Gasteiger partial charge on any atom is 0.239 e. The van der Waals surface area contributed by atoms with Gasteiger partial charge in [0.05, 0.1) is 24.8 Å². The van der Waals surface area contributed by atoms with Crippen LogP contribution >= 0.6 is 36.4 Å². The Balaban J connectivity index is 0.00000264. The fourth-order valence-electron chi connectivity index (χ4n) is 2.45. The molecule has 0 aliphatic carbocycles. The highest BCUT2D eigenvalue weighted by molar-refractivity contribution is 6.30. The summed E-state index contributed by atoms with van der Waals surface area (Å²) in [7, 11) is 0. The molecule has 0 spiro atoms. The summed E-state index contributed by atoms with van der Waals surface area (Å²) in [5.41, 5.74) is 6.09. The van der Waals surface area contributed by atoms with E-state index in [1.165, 1.54) is 0 Å². The second-order valence-electron chi connectivity index (χ2n) is 6.15. The second kappa shape index (κ2) is 10.4. The Hall–Kier alpha value is -0.560. The zero-order valence-corrected chi connectivity index (χ0v) is 16.3. The van der Waals surface area contributed by atoms with E-state index in [1.54, 1.807) is 13.8 Å². The van der Waals surface area contributed by atoms with Crippen LogP contribution in [0.1, 0.15) is 25.5 Å². The molecule has 1 amide bonds. The van der Waals surface area contributed by atoms with Gasteiger partial charge >= 0.3 is 0 Å². The second-order valence-corrected chi connectivity index (χ2v) is 6.58. The normalized spacial score (nSPS) is 16.5. The van der Waals surface area contributed by atoms with Crippen molar-refractivity contribution in [2.75, 3.05) is 32.8 Å². The van der Waals surface area contributed by atoms with E-state index in [-0.39, 0.29) is 36.8 Å². The van der Waals surface area contributed by atoms with Gasteiger partial charge in [0.15, 0.2) is 0 Å². The van der Waals surface area contributed by atoms with Crippen LogP contribution in [0.3, 0.4) is 0 Å². The van der Waals surface area contributed by atoms with Crippen LogP contribution in [0, 0.1) is 0 Å². The van der Waals surface area contributed by atoms with Gasteiger partial charge in [-0.25, -0.2) is 0 Å². The Bertz CT molecular complexity index is 500. The number of nitrogens with one attached hydrogen (secondary N) is 1. The smallest absolute Gasteiger partial charge is 0.239 e. The highest BCUT2D eigenvalue weighted by atomic mass is 35.5. The van der Waals surface area contributed by atoms with Crippen LogP contribution in [-0.4, -0.2) is 49.2 Å². The SMILES string of the molecule is CC(C)(N)C(=O)NCC(c1ccc(Cl)cc1)N1CCOCC1.Cl.Cl. The highest BCUT2D eigenvalue weighted by Gasteiger charge is 2.26. The number of hydrogen-bond acceptors (Lipinski definition) is 4. The van der Waals surface area contributed by atoms with Crippen LogP contribution in [0.2, 0.25) is 5.02 Å². The van der Waals surface area contributed by atoms with Crippen LogP contribution in [0.4, 0.5) is 0 Å². The summed E-state index contributed by atoms with van der Waals surface area (Å²) in [6.45, 7) is 7.02. The van der Waals surface area contributed by atoms with Gasteiger partial charge in [0.1, 0.15) is 0 Å². The van der Waals surface area contributed by atoms with Crippen molar-refractivity contribution in [1.29, 1.82) is 0 Å². The van der Waals surface area contributed by atoms with E-state index in [0.717, 1.165) is 18.7 Å². The molecule has 1 fully saturated rings. The van der Waals surface area contributed by atoms with Crippen molar-refractivity contribution in [2.24, 2.45) is 5.73 Å². The minimum Gasteiger partial charge on any atom is -0.379 e. The van der Waals surface area contributed by atoms with Crippen LogP contribution in [0.15, 0.2) is 24.3 Å². The van der Waals surface area contributed by atoms with Gasteiger partial charge in [-0.15, -0.1) is 24.8 Å². The minimum absolute atomic E-state index is 0. The summed E-state index contributed by atoms with van der Waals surface area (Å²) in [5, 5.41) is 3.66.